The van der Waals surface area contributed by atoms with Crippen molar-refractivity contribution in [3.8, 4) is 0 Å². The van der Waals surface area contributed by atoms with Gasteiger partial charge in [-0.3, -0.25) is 0 Å². The molecule has 3 rings (SSSR count). The summed E-state index contributed by atoms with van der Waals surface area (Å²) in [5.41, 5.74) is 0. The summed E-state index contributed by atoms with van der Waals surface area (Å²) >= 11 is 3.56. The van der Waals surface area contributed by atoms with E-state index >= 15 is 0 Å². The highest BCUT2D eigenvalue weighted by Crippen LogP contribution is 2.10. The Labute approximate surface area is 146 Å². The Morgan fingerprint density at radius 2 is 1.50 bits per heavy atom. The molecule has 0 spiro atoms. The number of hydrogen-bond acceptors (Lipinski definition) is 3. The van der Waals surface area contributed by atoms with Gasteiger partial charge in [0.05, 0.1) is 13.2 Å². The van der Waals surface area contributed by atoms with Crippen LogP contribution in [0.5, 0.6) is 0 Å². The van der Waals surface area contributed by atoms with Crippen LogP contribution in [0.4, 0.5) is 0 Å². The molecule has 3 heterocycles. The van der Waals surface area contributed by atoms with Crippen LogP contribution >= 0.6 is 23.5 Å². The molecule has 0 fully saturated rings. The van der Waals surface area contributed by atoms with Gasteiger partial charge in [0.2, 0.25) is 0 Å². The van der Waals surface area contributed by atoms with Crippen LogP contribution < -0.4 is 0 Å². The molecule has 0 N–H and O–H groups in total. The van der Waals surface area contributed by atoms with Crippen LogP contribution in [0.1, 0.15) is 40.5 Å². The lowest BCUT2D eigenvalue weighted by Gasteiger charge is -2.00. The molecule has 3 heteroatoms. The van der Waals surface area contributed by atoms with Gasteiger partial charge in [-0.2, -0.15) is 0 Å². The second-order valence-electron chi connectivity index (χ2n) is 3.54. The normalized spacial score (nSPS) is 16.5. The predicted octanol–water partition coefficient (Wildman–Crippen LogP) is 6.97. The zero-order valence-corrected chi connectivity index (χ0v) is 16.2. The fourth-order valence-corrected chi connectivity index (χ4v) is 2.25. The van der Waals surface area contributed by atoms with Gasteiger partial charge in [-0.05, 0) is 29.1 Å². The van der Waals surface area contributed by atoms with Crippen molar-refractivity contribution in [1.82, 2.24) is 0 Å². The zero-order valence-electron chi connectivity index (χ0n) is 14.5. The van der Waals surface area contributed by atoms with Gasteiger partial charge in [0, 0.05) is 5.75 Å². The van der Waals surface area contributed by atoms with Gasteiger partial charge < -0.3 is 4.74 Å². The van der Waals surface area contributed by atoms with Gasteiger partial charge in [0.1, 0.15) is 0 Å². The Morgan fingerprint density at radius 3 is 1.64 bits per heavy atom. The van der Waals surface area contributed by atoms with Crippen molar-refractivity contribution in [1.29, 1.82) is 0 Å². The molecule has 0 unspecified atom stereocenters. The summed E-state index contributed by atoms with van der Waals surface area (Å²) in [7, 11) is 0. The summed E-state index contributed by atoms with van der Waals surface area (Å²) in [4.78, 5) is 0. The summed E-state index contributed by atoms with van der Waals surface area (Å²) in [6.45, 7) is 9.73. The molecule has 0 amide bonds. The molecule has 0 bridgehead atoms. The minimum Gasteiger partial charge on any atom is -0.377 e. The molecular weight excluding hydrogens is 308 g/mol. The monoisotopic (exact) mass is 340 g/mol. The van der Waals surface area contributed by atoms with Gasteiger partial charge in [-0.25, -0.2) is 0 Å². The fourth-order valence-electron chi connectivity index (χ4n) is 1.18. The van der Waals surface area contributed by atoms with Crippen LogP contribution in [0.15, 0.2) is 58.8 Å². The molecule has 0 atom stereocenters. The highest BCUT2D eigenvalue weighted by molar-refractivity contribution is 8.04. The van der Waals surface area contributed by atoms with E-state index in [0.29, 0.717) is 0 Å². The Kier molecular flexibility index (Phi) is 27.2. The van der Waals surface area contributed by atoms with E-state index in [4.69, 9.17) is 4.74 Å². The molecule has 126 valence electrons. The number of thioether (sulfide) groups is 2. The van der Waals surface area contributed by atoms with E-state index in [0.717, 1.165) is 31.8 Å². The lowest BCUT2D eigenvalue weighted by molar-refractivity contribution is 0.158. The van der Waals surface area contributed by atoms with Crippen LogP contribution in [-0.2, 0) is 4.74 Å². The van der Waals surface area contributed by atoms with Crippen molar-refractivity contribution in [2.24, 2.45) is 0 Å². The molecule has 1 nitrogen and oxygen atoms in total. The van der Waals surface area contributed by atoms with E-state index in [2.05, 4.69) is 46.6 Å². The van der Waals surface area contributed by atoms with Crippen molar-refractivity contribution in [3.63, 3.8) is 0 Å². The molecule has 0 aliphatic carbocycles. The van der Waals surface area contributed by atoms with E-state index in [1.165, 1.54) is 0 Å². The smallest absolute Gasteiger partial charge is 0.0647 e. The first-order valence-electron chi connectivity index (χ1n) is 8.11. The van der Waals surface area contributed by atoms with E-state index in [1.54, 1.807) is 11.8 Å². The summed E-state index contributed by atoms with van der Waals surface area (Å²) in [6.07, 6.45) is 16.9. The fraction of sp³-hybridized carbons (Fsp3) is 0.474. The van der Waals surface area contributed by atoms with Crippen molar-refractivity contribution >= 4 is 23.5 Å². The molecule has 0 aromatic carbocycles. The maximum absolute atomic E-state index is 4.98. The van der Waals surface area contributed by atoms with E-state index < -0.39 is 0 Å². The van der Waals surface area contributed by atoms with Gasteiger partial charge in [-0.15, -0.1) is 23.5 Å². The first-order valence-corrected chi connectivity index (χ1v) is 10.1. The lowest BCUT2D eigenvalue weighted by Crippen LogP contribution is -1.96. The molecule has 0 radical (unpaired) electrons. The Bertz CT molecular complexity index is 286. The third-order valence-electron chi connectivity index (χ3n) is 2.05. The molecule has 22 heavy (non-hydrogen) atoms. The largest absolute Gasteiger partial charge is 0.377 e. The van der Waals surface area contributed by atoms with Crippen LogP contribution in [0, 0.1) is 0 Å². The topological polar surface area (TPSA) is 9.23 Å². The Balaban J connectivity index is 0. The van der Waals surface area contributed by atoms with Crippen LogP contribution in [0.2, 0.25) is 0 Å². The standard InChI is InChI=1S/C5H8O.2C5H6S.2C2H6/c3*1-2-4-6-5-3-1;2*1-2/h1-2H,3-5H2;2-5H,1H2;1-4H,5H2;2*1-2H3. The van der Waals surface area contributed by atoms with Crippen molar-refractivity contribution in [2.75, 3.05) is 19.0 Å². The maximum atomic E-state index is 4.98. The molecule has 0 aromatic rings. The molecule has 0 saturated carbocycles. The third-order valence-corrected chi connectivity index (χ3v) is 3.48. The first kappa shape index (κ1) is 23.6. The predicted molar refractivity (Wildman–Crippen MR) is 108 cm³/mol. The average Bonchev–Trinajstić information content (AvgIpc) is 2.70. The number of ether oxygens (including phenoxy) is 1. The second kappa shape index (κ2) is 25.3. The number of allylic oxidation sites excluding steroid dienone is 4. The van der Waals surface area contributed by atoms with Crippen molar-refractivity contribution < 1.29 is 4.74 Å². The summed E-state index contributed by atoms with van der Waals surface area (Å²) in [5.74, 6) is 1.15. The lowest BCUT2D eigenvalue weighted by atomic mass is 10.3. The summed E-state index contributed by atoms with van der Waals surface area (Å²) in [6, 6.07) is 0. The minimum absolute atomic E-state index is 0.819. The van der Waals surface area contributed by atoms with Crippen molar-refractivity contribution in [3.05, 3.63) is 58.8 Å². The van der Waals surface area contributed by atoms with Gasteiger partial charge >= 0.3 is 0 Å². The maximum Gasteiger partial charge on any atom is 0.0647 e. The Hall–Kier alpha value is -0.640. The van der Waals surface area contributed by atoms with E-state index in [9.17, 15) is 0 Å². The zero-order chi connectivity index (χ0) is 16.7. The van der Waals surface area contributed by atoms with Crippen LogP contribution in [0.25, 0.3) is 0 Å². The number of rotatable bonds is 0. The summed E-state index contributed by atoms with van der Waals surface area (Å²) < 4.78 is 4.98. The third kappa shape index (κ3) is 21.7. The van der Waals surface area contributed by atoms with Gasteiger partial charge in [0.15, 0.2) is 0 Å². The van der Waals surface area contributed by atoms with Gasteiger partial charge in [0.25, 0.3) is 0 Å². The van der Waals surface area contributed by atoms with E-state index in [1.807, 2.05) is 51.6 Å². The Morgan fingerprint density at radius 1 is 0.773 bits per heavy atom. The molecule has 3 aliphatic rings. The SMILES string of the molecule is C1=CCOCC1.C1=CCSC=C1.C1=CSC=CC1.CC.CC. The average molecular weight is 341 g/mol. The molecule has 0 aromatic heterocycles. The second-order valence-corrected chi connectivity index (χ2v) is 5.30. The first-order chi connectivity index (χ1) is 11.0. The summed E-state index contributed by atoms with van der Waals surface area (Å²) in [5, 5.41) is 6.29. The number of hydrogen-bond donors (Lipinski definition) is 0. The highest BCUT2D eigenvalue weighted by Gasteiger charge is 1.85. The van der Waals surface area contributed by atoms with E-state index in [-0.39, 0.29) is 0 Å². The molecule has 3 aliphatic heterocycles. The van der Waals surface area contributed by atoms with Crippen LogP contribution in [-0.4, -0.2) is 19.0 Å². The van der Waals surface area contributed by atoms with Gasteiger partial charge in [-0.1, -0.05) is 70.2 Å². The minimum atomic E-state index is 0.819. The molecule has 0 saturated heterocycles. The highest BCUT2D eigenvalue weighted by atomic mass is 32.2. The quantitative estimate of drug-likeness (QED) is 0.441. The molecular formula is C19H32OS2. The van der Waals surface area contributed by atoms with Crippen LogP contribution in [0.3, 0.4) is 0 Å². The van der Waals surface area contributed by atoms with Crippen molar-refractivity contribution in [2.45, 2.75) is 40.5 Å².